The number of carbonyl (C=O) groups excluding carboxylic acids is 1. The number of nitrogens with one attached hydrogen (secondary N) is 1. The number of aromatic nitrogens is 1. The molecule has 0 aliphatic heterocycles. The van der Waals surface area contributed by atoms with Crippen molar-refractivity contribution >= 4 is 16.8 Å². The second-order valence-electron chi connectivity index (χ2n) is 7.08. The standard InChI is InChI=1S/C22H24N2O4/c1-14(2)20(24-18(25)13-27-12-16-9-5-4-6-10-16)21-23-17-11-7-8-15(3)19(17)22(26)28-21/h4-11,14,20H,12-13H2,1-3H3,(H,24,25)/t20-/m0/s1. The second kappa shape index (κ2) is 8.80. The van der Waals surface area contributed by atoms with Gasteiger partial charge in [-0.15, -0.1) is 0 Å². The highest BCUT2D eigenvalue weighted by atomic mass is 16.5. The molecule has 28 heavy (non-hydrogen) atoms. The van der Waals surface area contributed by atoms with Gasteiger partial charge in [0.05, 0.1) is 17.5 Å². The van der Waals surface area contributed by atoms with Gasteiger partial charge in [-0.05, 0) is 30.0 Å². The molecule has 0 radical (unpaired) electrons. The largest absolute Gasteiger partial charge is 0.406 e. The fourth-order valence-corrected chi connectivity index (χ4v) is 3.00. The van der Waals surface area contributed by atoms with Crippen LogP contribution in [0.1, 0.15) is 36.9 Å². The monoisotopic (exact) mass is 380 g/mol. The molecule has 1 aromatic heterocycles. The van der Waals surface area contributed by atoms with Crippen LogP contribution in [0.25, 0.3) is 10.9 Å². The topological polar surface area (TPSA) is 81.4 Å². The van der Waals surface area contributed by atoms with Gasteiger partial charge in [0.25, 0.3) is 0 Å². The maximum atomic E-state index is 12.4. The van der Waals surface area contributed by atoms with E-state index >= 15 is 0 Å². The van der Waals surface area contributed by atoms with Crippen LogP contribution in [0.5, 0.6) is 0 Å². The molecule has 3 rings (SSSR count). The molecular weight excluding hydrogens is 356 g/mol. The van der Waals surface area contributed by atoms with Crippen LogP contribution in [-0.4, -0.2) is 17.5 Å². The van der Waals surface area contributed by atoms with E-state index in [9.17, 15) is 9.59 Å². The highest BCUT2D eigenvalue weighted by molar-refractivity contribution is 5.80. The molecule has 146 valence electrons. The van der Waals surface area contributed by atoms with Gasteiger partial charge in [0.1, 0.15) is 12.6 Å². The molecule has 1 amide bonds. The number of carbonyl (C=O) groups is 1. The summed E-state index contributed by atoms with van der Waals surface area (Å²) in [4.78, 5) is 29.2. The lowest BCUT2D eigenvalue weighted by molar-refractivity contribution is -0.127. The SMILES string of the molecule is Cc1cccc2nc([C@@H](NC(=O)COCc3ccccc3)C(C)C)oc(=O)c12. The van der Waals surface area contributed by atoms with Crippen molar-refractivity contribution in [2.75, 3.05) is 6.61 Å². The Morgan fingerprint density at radius 2 is 1.89 bits per heavy atom. The molecule has 0 fully saturated rings. The maximum absolute atomic E-state index is 12.4. The van der Waals surface area contributed by atoms with Crippen molar-refractivity contribution in [2.24, 2.45) is 5.92 Å². The summed E-state index contributed by atoms with van der Waals surface area (Å²) in [6, 6.07) is 14.6. The van der Waals surface area contributed by atoms with E-state index in [1.807, 2.05) is 63.2 Å². The molecule has 0 aliphatic carbocycles. The fraction of sp³-hybridized carbons (Fsp3) is 0.318. The van der Waals surface area contributed by atoms with Gasteiger partial charge in [0, 0.05) is 0 Å². The average Bonchev–Trinajstić information content (AvgIpc) is 2.66. The molecule has 1 atom stereocenters. The first-order valence-corrected chi connectivity index (χ1v) is 9.27. The summed E-state index contributed by atoms with van der Waals surface area (Å²) < 4.78 is 10.9. The predicted octanol–water partition coefficient (Wildman–Crippen LogP) is 3.53. The Balaban J connectivity index is 1.72. The first-order valence-electron chi connectivity index (χ1n) is 9.27. The highest BCUT2D eigenvalue weighted by Gasteiger charge is 2.24. The number of benzene rings is 2. The number of hydrogen-bond acceptors (Lipinski definition) is 5. The van der Waals surface area contributed by atoms with Crippen molar-refractivity contribution in [1.82, 2.24) is 10.3 Å². The van der Waals surface area contributed by atoms with Crippen molar-refractivity contribution in [1.29, 1.82) is 0 Å². The molecule has 3 aromatic rings. The minimum Gasteiger partial charge on any atom is -0.406 e. The third-order valence-corrected chi connectivity index (χ3v) is 4.48. The molecule has 0 saturated carbocycles. The van der Waals surface area contributed by atoms with Gasteiger partial charge < -0.3 is 14.5 Å². The van der Waals surface area contributed by atoms with E-state index < -0.39 is 11.7 Å². The Hall–Kier alpha value is -2.99. The summed E-state index contributed by atoms with van der Waals surface area (Å²) in [5.74, 6) is -0.103. The van der Waals surface area contributed by atoms with Crippen LogP contribution in [0, 0.1) is 12.8 Å². The van der Waals surface area contributed by atoms with Crippen LogP contribution in [0.3, 0.4) is 0 Å². The normalized spacial score (nSPS) is 12.3. The Morgan fingerprint density at radius 1 is 1.14 bits per heavy atom. The number of ether oxygens (including phenoxy) is 1. The number of fused-ring (bicyclic) bond motifs is 1. The molecule has 6 heteroatoms. The van der Waals surface area contributed by atoms with Crippen LogP contribution in [0.15, 0.2) is 57.7 Å². The van der Waals surface area contributed by atoms with E-state index in [4.69, 9.17) is 9.15 Å². The van der Waals surface area contributed by atoms with Gasteiger partial charge in [0.15, 0.2) is 0 Å². The van der Waals surface area contributed by atoms with Crippen molar-refractivity contribution < 1.29 is 13.9 Å². The van der Waals surface area contributed by atoms with Gasteiger partial charge >= 0.3 is 5.63 Å². The summed E-state index contributed by atoms with van der Waals surface area (Å²) >= 11 is 0. The molecule has 0 saturated heterocycles. The first-order chi connectivity index (χ1) is 13.5. The van der Waals surface area contributed by atoms with E-state index in [1.165, 1.54) is 0 Å². The van der Waals surface area contributed by atoms with Crippen LogP contribution < -0.4 is 10.9 Å². The number of amides is 1. The predicted molar refractivity (Wildman–Crippen MR) is 107 cm³/mol. The maximum Gasteiger partial charge on any atom is 0.347 e. The summed E-state index contributed by atoms with van der Waals surface area (Å²) in [6.07, 6.45) is 0. The van der Waals surface area contributed by atoms with Crippen LogP contribution in [0.2, 0.25) is 0 Å². The summed E-state index contributed by atoms with van der Waals surface area (Å²) in [5, 5.41) is 3.33. The lowest BCUT2D eigenvalue weighted by Gasteiger charge is -2.20. The van der Waals surface area contributed by atoms with Crippen LogP contribution in [0.4, 0.5) is 0 Å². The quantitative estimate of drug-likeness (QED) is 0.678. The molecule has 1 N–H and O–H groups in total. The lowest BCUT2D eigenvalue weighted by atomic mass is 10.0. The van der Waals surface area contributed by atoms with Crippen molar-refractivity contribution in [3.63, 3.8) is 0 Å². The fourth-order valence-electron chi connectivity index (χ4n) is 3.00. The Morgan fingerprint density at radius 3 is 2.61 bits per heavy atom. The Bertz CT molecular complexity index is 1010. The van der Waals surface area contributed by atoms with Gasteiger partial charge in [-0.1, -0.05) is 56.3 Å². The highest BCUT2D eigenvalue weighted by Crippen LogP contribution is 2.22. The summed E-state index contributed by atoms with van der Waals surface area (Å²) in [5.41, 5.74) is 1.92. The minimum atomic E-state index is -0.523. The minimum absolute atomic E-state index is 0.0176. The zero-order chi connectivity index (χ0) is 20.1. The Kier molecular flexibility index (Phi) is 6.21. The third-order valence-electron chi connectivity index (χ3n) is 4.48. The molecule has 0 aliphatic rings. The van der Waals surface area contributed by atoms with Gasteiger partial charge in [0.2, 0.25) is 11.8 Å². The average molecular weight is 380 g/mol. The van der Waals surface area contributed by atoms with E-state index in [0.29, 0.717) is 17.5 Å². The molecule has 6 nitrogen and oxygen atoms in total. The molecule has 0 unspecified atom stereocenters. The number of rotatable bonds is 7. The van der Waals surface area contributed by atoms with Crippen molar-refractivity contribution in [2.45, 2.75) is 33.4 Å². The summed E-state index contributed by atoms with van der Waals surface area (Å²) in [7, 11) is 0. The second-order valence-corrected chi connectivity index (χ2v) is 7.08. The Labute approximate surface area is 163 Å². The zero-order valence-corrected chi connectivity index (χ0v) is 16.3. The third kappa shape index (κ3) is 4.64. The van der Waals surface area contributed by atoms with Crippen LogP contribution >= 0.6 is 0 Å². The molecule has 0 bridgehead atoms. The number of aryl methyl sites for hydroxylation is 1. The summed E-state index contributed by atoms with van der Waals surface area (Å²) in [6.45, 7) is 5.96. The van der Waals surface area contributed by atoms with Crippen LogP contribution in [-0.2, 0) is 16.1 Å². The van der Waals surface area contributed by atoms with Crippen molar-refractivity contribution in [3.8, 4) is 0 Å². The first kappa shape index (κ1) is 19.8. The molecular formula is C22H24N2O4. The number of nitrogens with zero attached hydrogens (tertiary/aromatic N) is 1. The lowest BCUT2D eigenvalue weighted by Crippen LogP contribution is -2.35. The van der Waals surface area contributed by atoms with Gasteiger partial charge in [-0.3, -0.25) is 4.79 Å². The smallest absolute Gasteiger partial charge is 0.347 e. The van der Waals surface area contributed by atoms with Gasteiger partial charge in [-0.2, -0.15) is 0 Å². The molecule has 2 aromatic carbocycles. The van der Waals surface area contributed by atoms with E-state index in [-0.39, 0.29) is 24.3 Å². The molecule has 1 heterocycles. The molecule has 0 spiro atoms. The van der Waals surface area contributed by atoms with Gasteiger partial charge in [-0.25, -0.2) is 9.78 Å². The van der Waals surface area contributed by atoms with E-state index in [0.717, 1.165) is 11.1 Å². The number of hydrogen-bond donors (Lipinski definition) is 1. The zero-order valence-electron chi connectivity index (χ0n) is 16.3. The van der Waals surface area contributed by atoms with E-state index in [2.05, 4.69) is 10.3 Å². The van der Waals surface area contributed by atoms with Crippen molar-refractivity contribution in [3.05, 3.63) is 76.0 Å². The van der Waals surface area contributed by atoms with E-state index in [1.54, 1.807) is 6.07 Å².